The maximum atomic E-state index is 13.1. The van der Waals surface area contributed by atoms with Crippen molar-refractivity contribution in [1.29, 1.82) is 0 Å². The molecule has 0 spiro atoms. The van der Waals surface area contributed by atoms with Gasteiger partial charge in [-0.3, -0.25) is 9.69 Å². The quantitative estimate of drug-likeness (QED) is 0.623. The van der Waals surface area contributed by atoms with E-state index in [2.05, 4.69) is 0 Å². The molecule has 172 valence electrons. The molecule has 1 amide bonds. The van der Waals surface area contributed by atoms with Crippen molar-refractivity contribution < 1.29 is 27.4 Å². The van der Waals surface area contributed by atoms with E-state index in [0.717, 1.165) is 5.56 Å². The molecule has 0 radical (unpaired) electrons. The lowest BCUT2D eigenvalue weighted by Gasteiger charge is -2.43. The third-order valence-corrected chi connectivity index (χ3v) is 7.89. The number of benzene rings is 2. The van der Waals surface area contributed by atoms with Crippen molar-refractivity contribution in [3.8, 4) is 17.2 Å². The summed E-state index contributed by atoms with van der Waals surface area (Å²) < 4.78 is 40.9. The summed E-state index contributed by atoms with van der Waals surface area (Å²) in [5.74, 6) is 1.92. The third-order valence-electron chi connectivity index (χ3n) is 6.19. The van der Waals surface area contributed by atoms with Crippen molar-refractivity contribution in [1.82, 2.24) is 4.90 Å². The molecule has 0 aromatic heterocycles. The van der Waals surface area contributed by atoms with E-state index in [1.54, 1.807) is 50.5 Å². The monoisotopic (exact) mass is 460 g/mol. The van der Waals surface area contributed by atoms with Crippen LogP contribution in [-0.2, 0) is 21.1 Å². The van der Waals surface area contributed by atoms with Gasteiger partial charge in [0, 0.05) is 18.3 Å². The fourth-order valence-corrected chi connectivity index (χ4v) is 6.57. The van der Waals surface area contributed by atoms with E-state index in [9.17, 15) is 13.2 Å². The molecule has 32 heavy (non-hydrogen) atoms. The first-order valence-electron chi connectivity index (χ1n) is 10.5. The van der Waals surface area contributed by atoms with Gasteiger partial charge in [-0.1, -0.05) is 6.07 Å². The first-order valence-corrected chi connectivity index (χ1v) is 12.3. The van der Waals surface area contributed by atoms with Gasteiger partial charge in [-0.15, -0.1) is 0 Å². The molecule has 2 fully saturated rings. The number of rotatable bonds is 7. The highest BCUT2D eigenvalue weighted by Gasteiger charge is 2.49. The van der Waals surface area contributed by atoms with E-state index in [4.69, 9.17) is 14.2 Å². The Morgan fingerprint density at radius 2 is 1.59 bits per heavy atom. The molecule has 8 nitrogen and oxygen atoms in total. The van der Waals surface area contributed by atoms with Crippen molar-refractivity contribution in [2.75, 3.05) is 50.8 Å². The molecule has 2 aliphatic rings. The second kappa shape index (κ2) is 8.99. The van der Waals surface area contributed by atoms with E-state index in [1.165, 1.54) is 0 Å². The second-order valence-corrected chi connectivity index (χ2v) is 10.2. The molecular weight excluding hydrogens is 432 g/mol. The van der Waals surface area contributed by atoms with Gasteiger partial charge in [-0.05, 0) is 48.4 Å². The molecule has 0 N–H and O–H groups in total. The minimum Gasteiger partial charge on any atom is -0.497 e. The number of piperazine rings is 1. The predicted octanol–water partition coefficient (Wildman–Crippen LogP) is 1.77. The van der Waals surface area contributed by atoms with Crippen molar-refractivity contribution >= 4 is 21.4 Å². The number of ether oxygens (including phenoxy) is 3. The molecule has 0 saturated carbocycles. The molecular formula is C23H28N2O6S. The Hall–Kier alpha value is -2.78. The van der Waals surface area contributed by atoms with Crippen molar-refractivity contribution in [2.45, 2.75) is 18.5 Å². The summed E-state index contributed by atoms with van der Waals surface area (Å²) in [5, 5.41) is 0. The summed E-state index contributed by atoms with van der Waals surface area (Å²) in [6.45, 7) is 0.754. The number of carbonyl (C=O) groups is 1. The van der Waals surface area contributed by atoms with Gasteiger partial charge in [-0.2, -0.15) is 0 Å². The minimum atomic E-state index is -3.24. The standard InChI is InChI=1S/C23H28N2O6S/c1-29-18-7-5-17(6-8-18)25-20-15-32(27,28)14-19(20)24(13-23(25)26)11-10-16-4-9-21(30-2)22(12-16)31-3/h4-9,12,19-20H,10-11,13-15H2,1-3H3/t19-,20+/m0/s1. The summed E-state index contributed by atoms with van der Waals surface area (Å²) in [6, 6.07) is 12.3. The summed E-state index contributed by atoms with van der Waals surface area (Å²) >= 11 is 0. The van der Waals surface area contributed by atoms with E-state index in [0.29, 0.717) is 35.9 Å². The highest BCUT2D eigenvalue weighted by molar-refractivity contribution is 7.91. The lowest BCUT2D eigenvalue weighted by Crippen LogP contribution is -2.62. The molecule has 4 rings (SSSR count). The van der Waals surface area contributed by atoms with Gasteiger partial charge in [0.15, 0.2) is 21.3 Å². The van der Waals surface area contributed by atoms with Crippen LogP contribution >= 0.6 is 0 Å². The van der Waals surface area contributed by atoms with Gasteiger partial charge >= 0.3 is 0 Å². The average molecular weight is 461 g/mol. The Labute approximate surface area is 188 Å². The van der Waals surface area contributed by atoms with Crippen LogP contribution in [-0.4, -0.2) is 77.2 Å². The number of amides is 1. The van der Waals surface area contributed by atoms with Gasteiger partial charge in [-0.25, -0.2) is 8.42 Å². The average Bonchev–Trinajstić information content (AvgIpc) is 3.12. The molecule has 2 aliphatic heterocycles. The molecule has 0 unspecified atom stereocenters. The topological polar surface area (TPSA) is 85.4 Å². The molecule has 2 heterocycles. The lowest BCUT2D eigenvalue weighted by molar-refractivity contribution is -0.123. The van der Waals surface area contributed by atoms with Crippen LogP contribution in [0.25, 0.3) is 0 Å². The molecule has 2 aromatic carbocycles. The highest BCUT2D eigenvalue weighted by Crippen LogP contribution is 2.33. The van der Waals surface area contributed by atoms with Crippen LogP contribution in [0.15, 0.2) is 42.5 Å². The summed E-state index contributed by atoms with van der Waals surface area (Å²) in [5.41, 5.74) is 1.73. The summed E-state index contributed by atoms with van der Waals surface area (Å²) in [4.78, 5) is 16.8. The number of fused-ring (bicyclic) bond motifs is 1. The van der Waals surface area contributed by atoms with Crippen LogP contribution in [0.2, 0.25) is 0 Å². The Morgan fingerprint density at radius 3 is 2.25 bits per heavy atom. The van der Waals surface area contributed by atoms with Gasteiger partial charge < -0.3 is 19.1 Å². The van der Waals surface area contributed by atoms with Gasteiger partial charge in [0.25, 0.3) is 0 Å². The molecule has 2 saturated heterocycles. The summed E-state index contributed by atoms with van der Waals surface area (Å²) in [7, 11) is 1.52. The molecule has 2 atom stereocenters. The van der Waals surface area contributed by atoms with Crippen LogP contribution in [0.4, 0.5) is 5.69 Å². The Morgan fingerprint density at radius 1 is 0.906 bits per heavy atom. The SMILES string of the molecule is COc1ccc(N2C(=O)CN(CCc3ccc(OC)c(OC)c3)[C@H]3CS(=O)(=O)C[C@H]32)cc1. The van der Waals surface area contributed by atoms with Gasteiger partial charge in [0.2, 0.25) is 5.91 Å². The zero-order chi connectivity index (χ0) is 22.9. The molecule has 2 aromatic rings. The number of carbonyl (C=O) groups excluding carboxylic acids is 1. The maximum absolute atomic E-state index is 13.1. The van der Waals surface area contributed by atoms with Crippen molar-refractivity contribution in [2.24, 2.45) is 0 Å². The number of sulfone groups is 1. The maximum Gasteiger partial charge on any atom is 0.241 e. The van der Waals surface area contributed by atoms with Crippen molar-refractivity contribution in [3.63, 3.8) is 0 Å². The fourth-order valence-electron chi connectivity index (χ4n) is 4.59. The van der Waals surface area contributed by atoms with Crippen LogP contribution in [0, 0.1) is 0 Å². The second-order valence-electron chi connectivity index (χ2n) is 8.08. The summed E-state index contributed by atoms with van der Waals surface area (Å²) in [6.07, 6.45) is 0.666. The highest BCUT2D eigenvalue weighted by atomic mass is 32.2. The lowest BCUT2D eigenvalue weighted by atomic mass is 10.0. The van der Waals surface area contributed by atoms with Crippen LogP contribution in [0.5, 0.6) is 17.2 Å². The van der Waals surface area contributed by atoms with Crippen molar-refractivity contribution in [3.05, 3.63) is 48.0 Å². The molecule has 0 bridgehead atoms. The fraction of sp³-hybridized carbons (Fsp3) is 0.435. The van der Waals surface area contributed by atoms with Gasteiger partial charge in [0.05, 0.1) is 45.4 Å². The van der Waals surface area contributed by atoms with E-state index in [1.807, 2.05) is 23.1 Å². The largest absolute Gasteiger partial charge is 0.497 e. The third kappa shape index (κ3) is 4.40. The number of nitrogens with zero attached hydrogens (tertiary/aromatic N) is 2. The first kappa shape index (κ1) is 22.4. The Kier molecular flexibility index (Phi) is 6.30. The van der Waals surface area contributed by atoms with Crippen LogP contribution < -0.4 is 19.1 Å². The zero-order valence-corrected chi connectivity index (χ0v) is 19.3. The number of hydrogen-bond donors (Lipinski definition) is 0. The van der Waals surface area contributed by atoms with Crippen LogP contribution in [0.3, 0.4) is 0 Å². The van der Waals surface area contributed by atoms with E-state index in [-0.39, 0.29) is 30.0 Å². The smallest absolute Gasteiger partial charge is 0.241 e. The number of methoxy groups -OCH3 is 3. The minimum absolute atomic E-state index is 0.0255. The number of anilines is 1. The number of hydrogen-bond acceptors (Lipinski definition) is 7. The normalized spacial score (nSPS) is 22.5. The molecule has 0 aliphatic carbocycles. The van der Waals surface area contributed by atoms with Gasteiger partial charge in [0.1, 0.15) is 5.75 Å². The van der Waals surface area contributed by atoms with E-state index < -0.39 is 15.9 Å². The Bertz CT molecular complexity index is 1090. The zero-order valence-electron chi connectivity index (χ0n) is 18.5. The first-order chi connectivity index (χ1) is 15.3. The van der Waals surface area contributed by atoms with Crippen LogP contribution in [0.1, 0.15) is 5.56 Å². The predicted molar refractivity (Wildman–Crippen MR) is 122 cm³/mol. The molecule has 9 heteroatoms. The Balaban J connectivity index is 1.54. The van der Waals surface area contributed by atoms with E-state index >= 15 is 0 Å².